The van der Waals surface area contributed by atoms with E-state index in [2.05, 4.69) is 9.97 Å². The fourth-order valence-corrected chi connectivity index (χ4v) is 1.82. The van der Waals surface area contributed by atoms with Crippen molar-refractivity contribution in [2.75, 3.05) is 7.11 Å². The fraction of sp³-hybridized carbons (Fsp3) is 0.154. The quantitative estimate of drug-likeness (QED) is 0.778. The Morgan fingerprint density at radius 3 is 2.72 bits per heavy atom. The van der Waals surface area contributed by atoms with Crippen LogP contribution in [0.1, 0.15) is 11.3 Å². The van der Waals surface area contributed by atoms with Gasteiger partial charge >= 0.3 is 0 Å². The Morgan fingerprint density at radius 2 is 2.06 bits per heavy atom. The molecule has 0 saturated heterocycles. The molecule has 0 amide bonds. The van der Waals surface area contributed by atoms with Crippen molar-refractivity contribution in [2.24, 2.45) is 0 Å². The Kier molecular flexibility index (Phi) is 3.45. The van der Waals surface area contributed by atoms with E-state index in [9.17, 15) is 0 Å². The second kappa shape index (κ2) is 5.03. The van der Waals surface area contributed by atoms with Crippen LogP contribution in [-0.2, 0) is 0 Å². The van der Waals surface area contributed by atoms with Gasteiger partial charge in [0, 0.05) is 11.6 Å². The van der Waals surface area contributed by atoms with Crippen molar-refractivity contribution in [3.05, 3.63) is 40.8 Å². The Bertz CT molecular complexity index is 635. The molecule has 0 radical (unpaired) electrons. The molecule has 0 bridgehead atoms. The van der Waals surface area contributed by atoms with Crippen molar-refractivity contribution in [3.8, 4) is 23.1 Å². The molecule has 0 atom stereocenters. The highest BCUT2D eigenvalue weighted by Gasteiger charge is 2.10. The Balaban J connectivity index is 2.65. The van der Waals surface area contributed by atoms with Gasteiger partial charge in [0.1, 0.15) is 17.5 Å². The summed E-state index contributed by atoms with van der Waals surface area (Å²) in [6.45, 7) is 1.97. The van der Waals surface area contributed by atoms with E-state index in [4.69, 9.17) is 21.6 Å². The summed E-state index contributed by atoms with van der Waals surface area (Å²) >= 11 is 5.80. The summed E-state index contributed by atoms with van der Waals surface area (Å²) in [5, 5.41) is 8.93. The maximum atomic E-state index is 8.88. The minimum Gasteiger partial charge on any atom is -0.496 e. The lowest BCUT2D eigenvalue weighted by Crippen LogP contribution is -1.94. The van der Waals surface area contributed by atoms with Crippen molar-refractivity contribution in [1.29, 1.82) is 5.26 Å². The van der Waals surface area contributed by atoms with E-state index in [1.807, 2.05) is 31.2 Å². The molecule has 0 N–H and O–H groups in total. The minimum atomic E-state index is 0.0487. The zero-order chi connectivity index (χ0) is 13.1. The minimum absolute atomic E-state index is 0.0487. The summed E-state index contributed by atoms with van der Waals surface area (Å²) < 4.78 is 5.28. The first-order valence-corrected chi connectivity index (χ1v) is 5.61. The van der Waals surface area contributed by atoms with Crippen molar-refractivity contribution < 1.29 is 4.74 Å². The van der Waals surface area contributed by atoms with Crippen LogP contribution in [0.2, 0.25) is 5.28 Å². The van der Waals surface area contributed by atoms with Crippen LogP contribution >= 0.6 is 11.6 Å². The van der Waals surface area contributed by atoms with Gasteiger partial charge in [0.15, 0.2) is 0 Å². The number of methoxy groups -OCH3 is 1. The lowest BCUT2D eigenvalue weighted by Gasteiger charge is -2.09. The number of hydrogen-bond donors (Lipinski definition) is 0. The summed E-state index contributed by atoms with van der Waals surface area (Å²) in [6.07, 6.45) is 0. The molecule has 1 aromatic carbocycles. The molecule has 0 fully saturated rings. The Morgan fingerprint density at radius 1 is 1.28 bits per heavy atom. The van der Waals surface area contributed by atoms with Crippen molar-refractivity contribution in [1.82, 2.24) is 9.97 Å². The van der Waals surface area contributed by atoms with Crippen LogP contribution in [0.3, 0.4) is 0 Å². The largest absolute Gasteiger partial charge is 0.496 e. The van der Waals surface area contributed by atoms with Crippen LogP contribution in [0.15, 0.2) is 24.3 Å². The summed E-state index contributed by atoms with van der Waals surface area (Å²) in [6, 6.07) is 9.26. The molecule has 0 saturated carbocycles. The average Bonchev–Trinajstić information content (AvgIpc) is 2.38. The van der Waals surface area contributed by atoms with Crippen LogP contribution in [0.5, 0.6) is 5.75 Å². The second-order valence-corrected chi connectivity index (χ2v) is 4.06. The molecule has 2 rings (SSSR count). The van der Waals surface area contributed by atoms with E-state index < -0.39 is 0 Å². The highest BCUT2D eigenvalue weighted by Crippen LogP contribution is 2.30. The first-order chi connectivity index (χ1) is 8.63. The molecule has 0 spiro atoms. The zero-order valence-corrected chi connectivity index (χ0v) is 10.7. The lowest BCUT2D eigenvalue weighted by atomic mass is 10.1. The van der Waals surface area contributed by atoms with E-state index in [1.54, 1.807) is 13.2 Å². The van der Waals surface area contributed by atoms with Gasteiger partial charge in [-0.05, 0) is 30.7 Å². The number of nitriles is 1. The molecule has 0 aliphatic rings. The summed E-state index contributed by atoms with van der Waals surface area (Å²) in [5.74, 6) is 0.680. The summed E-state index contributed by atoms with van der Waals surface area (Å²) in [5.41, 5.74) is 2.66. The molecule has 1 heterocycles. The van der Waals surface area contributed by atoms with Crippen LogP contribution < -0.4 is 4.74 Å². The summed E-state index contributed by atoms with van der Waals surface area (Å²) in [4.78, 5) is 7.93. The average molecular weight is 260 g/mol. The molecule has 5 heteroatoms. The molecular weight excluding hydrogens is 250 g/mol. The molecule has 0 aliphatic carbocycles. The molecule has 18 heavy (non-hydrogen) atoms. The number of halogens is 1. The number of aromatic nitrogens is 2. The van der Waals surface area contributed by atoms with Crippen LogP contribution in [0.25, 0.3) is 11.3 Å². The molecule has 4 nitrogen and oxygen atoms in total. The molecular formula is C13H10ClN3O. The first-order valence-electron chi connectivity index (χ1n) is 5.23. The normalized spacial score (nSPS) is 9.89. The van der Waals surface area contributed by atoms with Crippen molar-refractivity contribution >= 4 is 11.6 Å². The molecule has 90 valence electrons. The standard InChI is InChI=1S/C13H10ClN3O/c1-8-3-4-12(18-2)10(5-8)11-6-9(7-15)16-13(14)17-11/h3-6H,1-2H3. The third-order valence-electron chi connectivity index (χ3n) is 2.44. The molecule has 2 aromatic rings. The van der Waals surface area contributed by atoms with Crippen LogP contribution in [0, 0.1) is 18.3 Å². The van der Waals surface area contributed by atoms with Gasteiger partial charge in [-0.15, -0.1) is 0 Å². The van der Waals surface area contributed by atoms with Crippen molar-refractivity contribution in [3.63, 3.8) is 0 Å². The molecule has 0 unspecified atom stereocenters. The Hall–Kier alpha value is -2.12. The monoisotopic (exact) mass is 259 g/mol. The maximum Gasteiger partial charge on any atom is 0.224 e. The number of ether oxygens (including phenoxy) is 1. The number of benzene rings is 1. The highest BCUT2D eigenvalue weighted by atomic mass is 35.5. The number of nitrogens with zero attached hydrogens (tertiary/aromatic N) is 3. The van der Waals surface area contributed by atoms with E-state index in [0.29, 0.717) is 11.4 Å². The third kappa shape index (κ3) is 2.41. The number of hydrogen-bond acceptors (Lipinski definition) is 4. The smallest absolute Gasteiger partial charge is 0.224 e. The maximum absolute atomic E-state index is 8.88. The van der Waals surface area contributed by atoms with Gasteiger partial charge in [-0.3, -0.25) is 0 Å². The van der Waals surface area contributed by atoms with Gasteiger partial charge in [0.05, 0.1) is 12.8 Å². The SMILES string of the molecule is COc1ccc(C)cc1-c1cc(C#N)nc(Cl)n1. The fourth-order valence-electron chi connectivity index (χ4n) is 1.64. The first kappa shape index (κ1) is 12.3. The van der Waals surface area contributed by atoms with E-state index >= 15 is 0 Å². The van der Waals surface area contributed by atoms with Crippen LogP contribution in [0.4, 0.5) is 0 Å². The molecule has 1 aromatic heterocycles. The van der Waals surface area contributed by atoms with Gasteiger partial charge in [-0.1, -0.05) is 11.6 Å². The topological polar surface area (TPSA) is 58.8 Å². The predicted octanol–water partition coefficient (Wildman–Crippen LogP) is 2.99. The van der Waals surface area contributed by atoms with Crippen LogP contribution in [-0.4, -0.2) is 17.1 Å². The molecule has 0 aliphatic heterocycles. The van der Waals surface area contributed by atoms with Gasteiger partial charge in [0.2, 0.25) is 5.28 Å². The van der Waals surface area contributed by atoms with Gasteiger partial charge < -0.3 is 4.74 Å². The van der Waals surface area contributed by atoms with Gasteiger partial charge in [0.25, 0.3) is 0 Å². The lowest BCUT2D eigenvalue weighted by molar-refractivity contribution is 0.416. The Labute approximate surface area is 110 Å². The second-order valence-electron chi connectivity index (χ2n) is 3.72. The zero-order valence-electron chi connectivity index (χ0n) is 9.94. The number of rotatable bonds is 2. The van der Waals surface area contributed by atoms with Crippen molar-refractivity contribution in [2.45, 2.75) is 6.92 Å². The third-order valence-corrected chi connectivity index (χ3v) is 2.61. The summed E-state index contributed by atoms with van der Waals surface area (Å²) in [7, 11) is 1.59. The van der Waals surface area contributed by atoms with E-state index in [0.717, 1.165) is 11.1 Å². The highest BCUT2D eigenvalue weighted by molar-refractivity contribution is 6.28. The number of aryl methyl sites for hydroxylation is 1. The van der Waals surface area contributed by atoms with E-state index in [-0.39, 0.29) is 11.0 Å². The van der Waals surface area contributed by atoms with Gasteiger partial charge in [-0.2, -0.15) is 5.26 Å². The van der Waals surface area contributed by atoms with Gasteiger partial charge in [-0.25, -0.2) is 9.97 Å². The predicted molar refractivity (Wildman–Crippen MR) is 68.5 cm³/mol. The van der Waals surface area contributed by atoms with E-state index in [1.165, 1.54) is 0 Å².